The summed E-state index contributed by atoms with van der Waals surface area (Å²) in [5, 5.41) is 11.9. The maximum absolute atomic E-state index is 11.5. The Labute approximate surface area is 89.4 Å². The predicted octanol–water partition coefficient (Wildman–Crippen LogP) is -0.0809. The smallest absolute Gasteiger partial charge is 0.311 e. The third-order valence-electron chi connectivity index (χ3n) is 3.16. The highest BCUT2D eigenvalue weighted by atomic mass is 16.4. The average Bonchev–Trinajstić information content (AvgIpc) is 2.63. The van der Waals surface area contributed by atoms with Crippen LogP contribution < -0.4 is 5.32 Å². The Hall–Kier alpha value is -1.10. The standard InChI is InChI=1S/C10H18N2O3/c1-3-10(9(14)15)4-5-12(7-10)8(13)6-11-2/h11H,3-7H2,1-2H3,(H,14,15). The SMILES string of the molecule is CCC1(C(=O)O)CCN(C(=O)CNC)C1. The topological polar surface area (TPSA) is 69.6 Å². The summed E-state index contributed by atoms with van der Waals surface area (Å²) in [4.78, 5) is 24.3. The van der Waals surface area contributed by atoms with E-state index in [1.807, 2.05) is 6.92 Å². The summed E-state index contributed by atoms with van der Waals surface area (Å²) >= 11 is 0. The number of hydrogen-bond donors (Lipinski definition) is 2. The van der Waals surface area contributed by atoms with E-state index in [0.717, 1.165) is 0 Å². The van der Waals surface area contributed by atoms with Gasteiger partial charge in [0.15, 0.2) is 0 Å². The van der Waals surface area contributed by atoms with E-state index in [-0.39, 0.29) is 12.5 Å². The normalized spacial score (nSPS) is 25.6. The van der Waals surface area contributed by atoms with E-state index in [1.54, 1.807) is 11.9 Å². The molecule has 15 heavy (non-hydrogen) atoms. The lowest BCUT2D eigenvalue weighted by atomic mass is 9.84. The Kier molecular flexibility index (Phi) is 3.68. The number of rotatable bonds is 4. The zero-order chi connectivity index (χ0) is 11.5. The molecule has 0 saturated carbocycles. The zero-order valence-corrected chi connectivity index (χ0v) is 9.25. The van der Waals surface area contributed by atoms with Gasteiger partial charge in [0.2, 0.25) is 5.91 Å². The van der Waals surface area contributed by atoms with Crippen molar-refractivity contribution in [1.82, 2.24) is 10.2 Å². The highest BCUT2D eigenvalue weighted by Gasteiger charge is 2.44. The molecule has 86 valence electrons. The van der Waals surface area contributed by atoms with Crippen LogP contribution in [0.25, 0.3) is 0 Å². The van der Waals surface area contributed by atoms with Crippen molar-refractivity contribution in [2.75, 3.05) is 26.7 Å². The minimum atomic E-state index is -0.787. The lowest BCUT2D eigenvalue weighted by Gasteiger charge is -2.22. The van der Waals surface area contributed by atoms with Crippen LogP contribution in [0.4, 0.5) is 0 Å². The Balaban J connectivity index is 2.64. The number of likely N-dealkylation sites (tertiary alicyclic amines) is 1. The second kappa shape index (κ2) is 4.61. The molecule has 1 rings (SSSR count). The van der Waals surface area contributed by atoms with Crippen LogP contribution in [0.1, 0.15) is 19.8 Å². The fourth-order valence-corrected chi connectivity index (χ4v) is 1.96. The summed E-state index contributed by atoms with van der Waals surface area (Å²) in [5.41, 5.74) is -0.719. The van der Waals surface area contributed by atoms with Crippen LogP contribution in [0.5, 0.6) is 0 Å². The van der Waals surface area contributed by atoms with Crippen molar-refractivity contribution in [3.8, 4) is 0 Å². The third-order valence-corrected chi connectivity index (χ3v) is 3.16. The zero-order valence-electron chi connectivity index (χ0n) is 9.25. The van der Waals surface area contributed by atoms with Gasteiger partial charge in [0.1, 0.15) is 0 Å². The minimum absolute atomic E-state index is 0.0194. The van der Waals surface area contributed by atoms with Crippen LogP contribution in [-0.4, -0.2) is 48.6 Å². The molecule has 1 aliphatic rings. The van der Waals surface area contributed by atoms with Crippen molar-refractivity contribution in [2.24, 2.45) is 5.41 Å². The molecule has 5 nitrogen and oxygen atoms in total. The van der Waals surface area contributed by atoms with Gasteiger partial charge >= 0.3 is 5.97 Å². The van der Waals surface area contributed by atoms with E-state index in [2.05, 4.69) is 5.32 Å². The maximum Gasteiger partial charge on any atom is 0.311 e. The van der Waals surface area contributed by atoms with Gasteiger partial charge in [0.25, 0.3) is 0 Å². The van der Waals surface area contributed by atoms with Crippen LogP contribution in [-0.2, 0) is 9.59 Å². The molecule has 1 aliphatic heterocycles. The Morgan fingerprint density at radius 2 is 2.20 bits per heavy atom. The van der Waals surface area contributed by atoms with Crippen molar-refractivity contribution in [2.45, 2.75) is 19.8 Å². The van der Waals surface area contributed by atoms with Crippen molar-refractivity contribution in [3.05, 3.63) is 0 Å². The first kappa shape index (κ1) is 12.0. The average molecular weight is 214 g/mol. The van der Waals surface area contributed by atoms with Gasteiger partial charge in [0, 0.05) is 13.1 Å². The lowest BCUT2D eigenvalue weighted by molar-refractivity contribution is -0.148. The quantitative estimate of drug-likeness (QED) is 0.686. The number of carbonyl (C=O) groups is 2. The number of carboxylic acid groups (broad SMARTS) is 1. The van der Waals surface area contributed by atoms with Crippen molar-refractivity contribution in [1.29, 1.82) is 0 Å². The van der Waals surface area contributed by atoms with E-state index in [0.29, 0.717) is 25.9 Å². The van der Waals surface area contributed by atoms with Gasteiger partial charge in [-0.1, -0.05) is 6.92 Å². The van der Waals surface area contributed by atoms with Gasteiger partial charge in [-0.05, 0) is 19.9 Å². The Morgan fingerprint density at radius 3 is 2.60 bits per heavy atom. The molecule has 1 atom stereocenters. The molecule has 0 aromatic carbocycles. The van der Waals surface area contributed by atoms with Gasteiger partial charge in [-0.2, -0.15) is 0 Å². The summed E-state index contributed by atoms with van der Waals surface area (Å²) in [5.74, 6) is -0.807. The molecule has 1 unspecified atom stereocenters. The Bertz CT molecular complexity index is 267. The first-order chi connectivity index (χ1) is 7.05. The van der Waals surface area contributed by atoms with E-state index >= 15 is 0 Å². The van der Waals surface area contributed by atoms with Crippen LogP contribution in [0.2, 0.25) is 0 Å². The molecular weight excluding hydrogens is 196 g/mol. The van der Waals surface area contributed by atoms with Crippen LogP contribution in [0.3, 0.4) is 0 Å². The second-order valence-corrected chi connectivity index (χ2v) is 4.03. The highest BCUT2D eigenvalue weighted by Crippen LogP contribution is 2.33. The molecule has 0 radical (unpaired) electrons. The molecule has 1 saturated heterocycles. The van der Waals surface area contributed by atoms with E-state index in [4.69, 9.17) is 5.11 Å². The van der Waals surface area contributed by atoms with Crippen LogP contribution in [0, 0.1) is 5.41 Å². The number of carbonyl (C=O) groups excluding carboxylic acids is 1. The first-order valence-corrected chi connectivity index (χ1v) is 5.21. The molecule has 1 fully saturated rings. The highest BCUT2D eigenvalue weighted by molar-refractivity contribution is 5.81. The first-order valence-electron chi connectivity index (χ1n) is 5.21. The number of aliphatic carboxylic acids is 1. The Morgan fingerprint density at radius 1 is 1.53 bits per heavy atom. The van der Waals surface area contributed by atoms with Crippen LogP contribution in [0.15, 0.2) is 0 Å². The molecule has 5 heteroatoms. The monoisotopic (exact) mass is 214 g/mol. The molecular formula is C10H18N2O3. The number of nitrogens with zero attached hydrogens (tertiary/aromatic N) is 1. The van der Waals surface area contributed by atoms with Crippen LogP contribution >= 0.6 is 0 Å². The van der Waals surface area contributed by atoms with Crippen molar-refractivity contribution in [3.63, 3.8) is 0 Å². The minimum Gasteiger partial charge on any atom is -0.481 e. The third kappa shape index (κ3) is 2.28. The number of likely N-dealkylation sites (N-methyl/N-ethyl adjacent to an activating group) is 1. The molecule has 1 amide bonds. The molecule has 0 aromatic rings. The van der Waals surface area contributed by atoms with E-state index < -0.39 is 11.4 Å². The van der Waals surface area contributed by atoms with Gasteiger partial charge in [0.05, 0.1) is 12.0 Å². The fraction of sp³-hybridized carbons (Fsp3) is 0.800. The molecule has 0 spiro atoms. The summed E-state index contributed by atoms with van der Waals surface area (Å²) in [7, 11) is 1.71. The number of amides is 1. The van der Waals surface area contributed by atoms with Gasteiger partial charge in [-0.3, -0.25) is 9.59 Å². The fourth-order valence-electron chi connectivity index (χ4n) is 1.96. The van der Waals surface area contributed by atoms with E-state index in [1.165, 1.54) is 0 Å². The second-order valence-electron chi connectivity index (χ2n) is 4.03. The van der Waals surface area contributed by atoms with E-state index in [9.17, 15) is 9.59 Å². The van der Waals surface area contributed by atoms with Crippen molar-refractivity contribution < 1.29 is 14.7 Å². The summed E-state index contributed by atoms with van der Waals surface area (Å²) < 4.78 is 0. The number of carboxylic acids is 1. The summed E-state index contributed by atoms with van der Waals surface area (Å²) in [6.07, 6.45) is 1.14. The maximum atomic E-state index is 11.5. The number of nitrogens with one attached hydrogen (secondary N) is 1. The lowest BCUT2D eigenvalue weighted by Crippen LogP contribution is -2.39. The summed E-state index contributed by atoms with van der Waals surface area (Å²) in [6.45, 7) is 3.04. The molecule has 0 aliphatic carbocycles. The summed E-state index contributed by atoms with van der Waals surface area (Å²) in [6, 6.07) is 0. The molecule has 0 bridgehead atoms. The molecule has 1 heterocycles. The number of hydrogen-bond acceptors (Lipinski definition) is 3. The van der Waals surface area contributed by atoms with Gasteiger partial charge in [-0.25, -0.2) is 0 Å². The largest absolute Gasteiger partial charge is 0.481 e. The van der Waals surface area contributed by atoms with Gasteiger partial charge < -0.3 is 15.3 Å². The van der Waals surface area contributed by atoms with Crippen molar-refractivity contribution >= 4 is 11.9 Å². The molecule has 0 aromatic heterocycles. The predicted molar refractivity (Wildman–Crippen MR) is 55.5 cm³/mol. The molecule has 2 N–H and O–H groups in total. The van der Waals surface area contributed by atoms with Gasteiger partial charge in [-0.15, -0.1) is 0 Å².